The van der Waals surface area contributed by atoms with Crippen molar-refractivity contribution in [1.29, 1.82) is 0 Å². The van der Waals surface area contributed by atoms with E-state index < -0.39 is 0 Å². The maximum atomic E-state index is 13.1. The first-order chi connectivity index (χ1) is 12.6. The van der Waals surface area contributed by atoms with Gasteiger partial charge in [-0.25, -0.2) is 5.01 Å². The Morgan fingerprint density at radius 2 is 1.81 bits per heavy atom. The Labute approximate surface area is 151 Å². The number of ether oxygens (including phenoxy) is 1. The molecular weight excluding hydrogens is 330 g/mol. The molecule has 4 rings (SSSR count). The van der Waals surface area contributed by atoms with E-state index in [0.717, 1.165) is 5.69 Å². The summed E-state index contributed by atoms with van der Waals surface area (Å²) in [7, 11) is 0. The molecule has 0 aromatic heterocycles. The summed E-state index contributed by atoms with van der Waals surface area (Å²) in [5.74, 6) is 0.400. The zero-order chi connectivity index (χ0) is 18.1. The monoisotopic (exact) mass is 349 g/mol. The summed E-state index contributed by atoms with van der Waals surface area (Å²) < 4.78 is 5.81. The van der Waals surface area contributed by atoms with Gasteiger partial charge in [0.2, 0.25) is 5.91 Å². The van der Waals surface area contributed by atoms with Gasteiger partial charge in [0.1, 0.15) is 17.6 Å². The molecule has 2 aliphatic rings. The van der Waals surface area contributed by atoms with Crippen LogP contribution in [0.3, 0.4) is 0 Å². The molecule has 6 heteroatoms. The molecule has 0 saturated carbocycles. The van der Waals surface area contributed by atoms with Gasteiger partial charge in [0, 0.05) is 12.8 Å². The summed E-state index contributed by atoms with van der Waals surface area (Å²) in [6.07, 6.45) is 0.500. The highest BCUT2D eigenvalue weighted by molar-refractivity contribution is 6.45. The number of hydrazone groups is 1. The average Bonchev–Trinajstić information content (AvgIpc) is 2.68. The van der Waals surface area contributed by atoms with E-state index in [2.05, 4.69) is 5.10 Å². The second kappa shape index (κ2) is 6.63. The minimum absolute atomic E-state index is 0.107. The minimum Gasteiger partial charge on any atom is -0.487 e. The number of anilines is 2. The van der Waals surface area contributed by atoms with Crippen LogP contribution >= 0.6 is 0 Å². The number of hydrogen-bond donors (Lipinski definition) is 0. The van der Waals surface area contributed by atoms with Crippen molar-refractivity contribution < 1.29 is 14.3 Å². The van der Waals surface area contributed by atoms with Gasteiger partial charge in [0.15, 0.2) is 0 Å². The van der Waals surface area contributed by atoms with Gasteiger partial charge in [-0.05, 0) is 31.2 Å². The predicted octanol–water partition coefficient (Wildman–Crippen LogP) is 2.98. The van der Waals surface area contributed by atoms with Gasteiger partial charge in [-0.15, -0.1) is 0 Å². The summed E-state index contributed by atoms with van der Waals surface area (Å²) in [4.78, 5) is 27.1. The molecule has 2 heterocycles. The average molecular weight is 349 g/mol. The molecule has 6 nitrogen and oxygen atoms in total. The van der Waals surface area contributed by atoms with E-state index in [9.17, 15) is 9.59 Å². The molecule has 0 aliphatic carbocycles. The van der Waals surface area contributed by atoms with E-state index in [4.69, 9.17) is 4.74 Å². The third-order valence-electron chi connectivity index (χ3n) is 4.45. The Hall–Kier alpha value is -3.15. The molecule has 0 radical (unpaired) electrons. The Morgan fingerprint density at radius 3 is 2.62 bits per heavy atom. The second-order valence-electron chi connectivity index (χ2n) is 6.40. The minimum atomic E-state index is -0.180. The Bertz CT molecular complexity index is 879. The van der Waals surface area contributed by atoms with Crippen molar-refractivity contribution >= 4 is 28.9 Å². The lowest BCUT2D eigenvalue weighted by molar-refractivity contribution is -0.118. The van der Waals surface area contributed by atoms with Gasteiger partial charge in [0.05, 0.1) is 17.9 Å². The quantitative estimate of drug-likeness (QED) is 0.837. The van der Waals surface area contributed by atoms with Gasteiger partial charge in [-0.2, -0.15) is 5.10 Å². The summed E-state index contributed by atoms with van der Waals surface area (Å²) >= 11 is 0. The predicted molar refractivity (Wildman–Crippen MR) is 99.5 cm³/mol. The molecule has 2 aromatic rings. The lowest BCUT2D eigenvalue weighted by atomic mass is 10.1. The van der Waals surface area contributed by atoms with Gasteiger partial charge in [-0.1, -0.05) is 30.3 Å². The number of hydrogen-bond acceptors (Lipinski definition) is 4. The largest absolute Gasteiger partial charge is 0.487 e. The zero-order valence-electron chi connectivity index (χ0n) is 14.5. The lowest BCUT2D eigenvalue weighted by Gasteiger charge is -2.34. The van der Waals surface area contributed by atoms with Crippen LogP contribution in [-0.2, 0) is 9.59 Å². The Kier molecular flexibility index (Phi) is 4.16. The van der Waals surface area contributed by atoms with Crippen LogP contribution in [-0.4, -0.2) is 30.2 Å². The normalized spacial score (nSPS) is 19.5. The van der Waals surface area contributed by atoms with Crippen molar-refractivity contribution in [3.05, 3.63) is 54.6 Å². The van der Waals surface area contributed by atoms with E-state index in [1.807, 2.05) is 49.4 Å². The molecule has 2 aliphatic heterocycles. The van der Waals surface area contributed by atoms with Gasteiger partial charge in [-0.3, -0.25) is 9.59 Å². The topological polar surface area (TPSA) is 62.2 Å². The molecule has 2 amide bonds. The summed E-state index contributed by atoms with van der Waals surface area (Å²) in [6, 6.07) is 16.6. The van der Waals surface area contributed by atoms with Crippen molar-refractivity contribution in [2.75, 3.05) is 16.5 Å². The molecule has 132 valence electrons. The summed E-state index contributed by atoms with van der Waals surface area (Å²) in [5.41, 5.74) is 1.79. The molecule has 2 aromatic carbocycles. The van der Waals surface area contributed by atoms with Crippen LogP contribution in [0, 0.1) is 0 Å². The summed E-state index contributed by atoms with van der Waals surface area (Å²) in [6.45, 7) is 2.38. The van der Waals surface area contributed by atoms with E-state index in [-0.39, 0.29) is 24.3 Å². The van der Waals surface area contributed by atoms with Crippen LogP contribution in [0.25, 0.3) is 0 Å². The van der Waals surface area contributed by atoms with Crippen molar-refractivity contribution in [1.82, 2.24) is 0 Å². The SMILES string of the molecule is CC1CN(C(=O)C2=NN(c3ccccc3)C(=O)CC2)c2ccccc2O1. The first kappa shape index (κ1) is 16.3. The molecule has 1 unspecified atom stereocenters. The molecule has 0 N–H and O–H groups in total. The maximum absolute atomic E-state index is 13.1. The molecule has 1 atom stereocenters. The number of rotatable bonds is 2. The third-order valence-corrected chi connectivity index (χ3v) is 4.45. The van der Waals surface area contributed by atoms with Crippen LogP contribution in [0.2, 0.25) is 0 Å². The zero-order valence-corrected chi connectivity index (χ0v) is 14.5. The van der Waals surface area contributed by atoms with Crippen molar-refractivity contribution in [2.45, 2.75) is 25.9 Å². The molecular formula is C20H19N3O3. The molecule has 26 heavy (non-hydrogen) atoms. The number of amides is 2. The van der Waals surface area contributed by atoms with Gasteiger partial charge < -0.3 is 9.64 Å². The van der Waals surface area contributed by atoms with Crippen molar-refractivity contribution in [3.63, 3.8) is 0 Å². The lowest BCUT2D eigenvalue weighted by Crippen LogP contribution is -2.47. The number of fused-ring (bicyclic) bond motifs is 1. The fraction of sp³-hybridized carbons (Fsp3) is 0.250. The summed E-state index contributed by atoms with van der Waals surface area (Å²) in [5, 5.41) is 5.70. The number of carbonyl (C=O) groups is 2. The van der Waals surface area contributed by atoms with Crippen LogP contribution in [0.1, 0.15) is 19.8 Å². The number of carbonyl (C=O) groups excluding carboxylic acids is 2. The van der Waals surface area contributed by atoms with Crippen LogP contribution in [0.4, 0.5) is 11.4 Å². The molecule has 0 fully saturated rings. The first-order valence-corrected chi connectivity index (χ1v) is 8.66. The third kappa shape index (κ3) is 2.94. The molecule has 0 saturated heterocycles. The second-order valence-corrected chi connectivity index (χ2v) is 6.40. The van der Waals surface area contributed by atoms with Gasteiger partial charge in [0.25, 0.3) is 5.91 Å². The first-order valence-electron chi connectivity index (χ1n) is 8.66. The van der Waals surface area contributed by atoms with Crippen LogP contribution < -0.4 is 14.6 Å². The highest BCUT2D eigenvalue weighted by Gasteiger charge is 2.33. The smallest absolute Gasteiger partial charge is 0.274 e. The van der Waals surface area contributed by atoms with E-state index in [0.29, 0.717) is 30.1 Å². The maximum Gasteiger partial charge on any atom is 0.274 e. The number of para-hydroxylation sites is 3. The van der Waals surface area contributed by atoms with E-state index >= 15 is 0 Å². The van der Waals surface area contributed by atoms with Crippen LogP contribution in [0.5, 0.6) is 5.75 Å². The van der Waals surface area contributed by atoms with Gasteiger partial charge >= 0.3 is 0 Å². The Morgan fingerprint density at radius 1 is 1.08 bits per heavy atom. The van der Waals surface area contributed by atoms with Crippen LogP contribution in [0.15, 0.2) is 59.7 Å². The standard InChI is InChI=1S/C20H19N3O3/c1-14-13-22(17-9-5-6-10-18(17)26-14)20(25)16-11-12-19(24)23(21-16)15-7-3-2-4-8-15/h2-10,14H,11-13H2,1H3. The Balaban J connectivity index is 1.67. The molecule has 0 spiro atoms. The number of nitrogens with zero attached hydrogens (tertiary/aromatic N) is 3. The fourth-order valence-corrected chi connectivity index (χ4v) is 3.22. The number of benzene rings is 2. The van der Waals surface area contributed by atoms with Crippen molar-refractivity contribution in [2.24, 2.45) is 5.10 Å². The highest BCUT2D eigenvalue weighted by Crippen LogP contribution is 2.33. The highest BCUT2D eigenvalue weighted by atomic mass is 16.5. The van der Waals surface area contributed by atoms with E-state index in [1.54, 1.807) is 17.0 Å². The molecule has 0 bridgehead atoms. The fourth-order valence-electron chi connectivity index (χ4n) is 3.22. The van der Waals surface area contributed by atoms with Crippen molar-refractivity contribution in [3.8, 4) is 5.75 Å². The van der Waals surface area contributed by atoms with E-state index in [1.165, 1.54) is 5.01 Å².